The van der Waals surface area contributed by atoms with E-state index in [1.165, 1.54) is 0 Å². The van der Waals surface area contributed by atoms with Gasteiger partial charge < -0.3 is 9.84 Å². The van der Waals surface area contributed by atoms with Crippen LogP contribution in [0, 0.1) is 5.92 Å². The van der Waals surface area contributed by atoms with Crippen LogP contribution < -0.4 is 0 Å². The van der Waals surface area contributed by atoms with Crippen LogP contribution in [0.1, 0.15) is 20.3 Å². The fourth-order valence-electron chi connectivity index (χ4n) is 1.14. The van der Waals surface area contributed by atoms with Gasteiger partial charge in [-0.25, -0.2) is 4.79 Å². The molecule has 58 valence electrons. The Hall–Kier alpha value is -0.570. The van der Waals surface area contributed by atoms with Gasteiger partial charge >= 0.3 is 5.97 Å². The summed E-state index contributed by atoms with van der Waals surface area (Å²) < 4.78 is 5.11. The zero-order valence-electron chi connectivity index (χ0n) is 6.26. The van der Waals surface area contributed by atoms with E-state index in [0.29, 0.717) is 6.61 Å². The predicted molar refractivity (Wildman–Crippen MR) is 35.8 cm³/mol. The van der Waals surface area contributed by atoms with Crippen molar-refractivity contribution in [1.29, 1.82) is 0 Å². The molecule has 0 aliphatic carbocycles. The number of hydrogen-bond donors (Lipinski definition) is 1. The van der Waals surface area contributed by atoms with Crippen molar-refractivity contribution in [2.75, 3.05) is 6.61 Å². The van der Waals surface area contributed by atoms with Gasteiger partial charge in [0, 0.05) is 6.61 Å². The molecule has 0 saturated carbocycles. The average molecular weight is 144 g/mol. The molecular weight excluding hydrogens is 132 g/mol. The van der Waals surface area contributed by atoms with Crippen LogP contribution in [0.15, 0.2) is 0 Å². The second-order valence-corrected chi connectivity index (χ2v) is 2.95. The quantitative estimate of drug-likeness (QED) is 0.594. The molecule has 1 aliphatic heterocycles. The fraction of sp³-hybridized carbons (Fsp3) is 0.857. The van der Waals surface area contributed by atoms with Crippen LogP contribution in [0.3, 0.4) is 0 Å². The summed E-state index contributed by atoms with van der Waals surface area (Å²) in [5.74, 6) is -0.720. The molecule has 0 aromatic heterocycles. The number of carbonyl (C=O) groups is 1. The highest BCUT2D eigenvalue weighted by Crippen LogP contribution is 2.31. The molecule has 2 unspecified atom stereocenters. The van der Waals surface area contributed by atoms with Crippen molar-refractivity contribution < 1.29 is 14.6 Å². The number of aliphatic carboxylic acids is 1. The number of carboxylic acids is 1. The van der Waals surface area contributed by atoms with Crippen LogP contribution >= 0.6 is 0 Å². The number of carboxylic acid groups (broad SMARTS) is 1. The number of ether oxygens (including phenoxy) is 1. The van der Waals surface area contributed by atoms with Crippen molar-refractivity contribution >= 4 is 5.97 Å². The molecule has 0 radical (unpaired) electrons. The lowest BCUT2D eigenvalue weighted by molar-refractivity contribution is -0.161. The third-order valence-electron chi connectivity index (χ3n) is 2.32. The Kier molecular flexibility index (Phi) is 1.68. The standard InChI is InChI=1S/C7H12O3/c1-5-3-4-10-7(5,2)6(8)9/h5H,3-4H2,1-2H3,(H,8,9). The Balaban J connectivity index is 2.75. The van der Waals surface area contributed by atoms with Crippen LogP contribution in [-0.4, -0.2) is 23.3 Å². The maximum Gasteiger partial charge on any atom is 0.335 e. The molecular formula is C7H12O3. The highest BCUT2D eigenvalue weighted by atomic mass is 16.5. The summed E-state index contributed by atoms with van der Waals surface area (Å²) in [4.78, 5) is 10.6. The third kappa shape index (κ3) is 0.904. The van der Waals surface area contributed by atoms with Crippen LogP contribution in [0.5, 0.6) is 0 Å². The molecule has 0 aromatic carbocycles. The Morgan fingerprint density at radius 3 is 2.60 bits per heavy atom. The molecule has 10 heavy (non-hydrogen) atoms. The Morgan fingerprint density at radius 2 is 2.40 bits per heavy atom. The van der Waals surface area contributed by atoms with E-state index in [-0.39, 0.29) is 5.92 Å². The first kappa shape index (κ1) is 7.54. The largest absolute Gasteiger partial charge is 0.479 e. The molecule has 1 heterocycles. The van der Waals surface area contributed by atoms with Crippen LogP contribution in [0.25, 0.3) is 0 Å². The maximum atomic E-state index is 10.6. The highest BCUT2D eigenvalue weighted by Gasteiger charge is 2.43. The van der Waals surface area contributed by atoms with Crippen molar-refractivity contribution in [2.45, 2.75) is 25.9 Å². The highest BCUT2D eigenvalue weighted by molar-refractivity contribution is 5.77. The minimum absolute atomic E-state index is 0.130. The summed E-state index contributed by atoms with van der Waals surface area (Å²) in [6, 6.07) is 0. The third-order valence-corrected chi connectivity index (χ3v) is 2.32. The van der Waals surface area contributed by atoms with Gasteiger partial charge in [-0.15, -0.1) is 0 Å². The maximum absolute atomic E-state index is 10.6. The summed E-state index contributed by atoms with van der Waals surface area (Å²) in [6.07, 6.45) is 0.850. The van der Waals surface area contributed by atoms with E-state index in [9.17, 15) is 4.79 Å². The first-order valence-electron chi connectivity index (χ1n) is 3.44. The second-order valence-electron chi connectivity index (χ2n) is 2.95. The molecule has 0 bridgehead atoms. The van der Waals surface area contributed by atoms with E-state index < -0.39 is 11.6 Å². The first-order valence-corrected chi connectivity index (χ1v) is 3.44. The summed E-state index contributed by atoms with van der Waals surface area (Å²) >= 11 is 0. The van der Waals surface area contributed by atoms with Gasteiger partial charge in [-0.1, -0.05) is 6.92 Å². The van der Waals surface area contributed by atoms with Gasteiger partial charge in [-0.3, -0.25) is 0 Å². The van der Waals surface area contributed by atoms with Crippen molar-refractivity contribution in [2.24, 2.45) is 5.92 Å². The lowest BCUT2D eigenvalue weighted by atomic mass is 9.91. The van der Waals surface area contributed by atoms with E-state index in [2.05, 4.69) is 0 Å². The van der Waals surface area contributed by atoms with Crippen LogP contribution in [0.2, 0.25) is 0 Å². The minimum atomic E-state index is -0.931. The van der Waals surface area contributed by atoms with Crippen LogP contribution in [-0.2, 0) is 9.53 Å². The molecule has 0 aromatic rings. The van der Waals surface area contributed by atoms with Gasteiger partial charge in [0.05, 0.1) is 0 Å². The molecule has 3 nitrogen and oxygen atoms in total. The number of rotatable bonds is 1. The topological polar surface area (TPSA) is 46.5 Å². The van der Waals surface area contributed by atoms with Gasteiger partial charge in [0.25, 0.3) is 0 Å². The zero-order valence-corrected chi connectivity index (χ0v) is 6.26. The lowest BCUT2D eigenvalue weighted by Crippen LogP contribution is -2.39. The summed E-state index contributed by atoms with van der Waals surface area (Å²) in [5.41, 5.74) is -0.931. The fourth-order valence-corrected chi connectivity index (χ4v) is 1.14. The SMILES string of the molecule is CC1CCOC1(C)C(=O)O. The lowest BCUT2D eigenvalue weighted by Gasteiger charge is -2.22. The van der Waals surface area contributed by atoms with E-state index in [1.54, 1.807) is 6.92 Å². The minimum Gasteiger partial charge on any atom is -0.479 e. The molecule has 1 aliphatic rings. The smallest absolute Gasteiger partial charge is 0.335 e. The van der Waals surface area contributed by atoms with Gasteiger partial charge in [0.15, 0.2) is 5.60 Å². The molecule has 1 saturated heterocycles. The average Bonchev–Trinajstić information content (AvgIpc) is 2.15. The first-order chi connectivity index (χ1) is 4.57. The van der Waals surface area contributed by atoms with E-state index in [4.69, 9.17) is 9.84 Å². The summed E-state index contributed by atoms with van der Waals surface area (Å²) in [6.45, 7) is 4.11. The molecule has 2 atom stereocenters. The van der Waals surface area contributed by atoms with E-state index in [1.807, 2.05) is 6.92 Å². The normalized spacial score (nSPS) is 40.0. The second kappa shape index (κ2) is 2.23. The molecule has 1 N–H and O–H groups in total. The molecule has 3 heteroatoms. The molecule has 1 fully saturated rings. The zero-order chi connectivity index (χ0) is 7.78. The van der Waals surface area contributed by atoms with E-state index >= 15 is 0 Å². The van der Waals surface area contributed by atoms with Gasteiger partial charge in [-0.05, 0) is 19.3 Å². The summed E-state index contributed by atoms with van der Waals surface area (Å²) in [7, 11) is 0. The van der Waals surface area contributed by atoms with Crippen molar-refractivity contribution in [1.82, 2.24) is 0 Å². The predicted octanol–water partition coefficient (Wildman–Crippen LogP) is 0.886. The Labute approximate surface area is 60.0 Å². The Bertz CT molecular complexity index is 155. The van der Waals surface area contributed by atoms with Gasteiger partial charge in [-0.2, -0.15) is 0 Å². The van der Waals surface area contributed by atoms with Crippen molar-refractivity contribution in [3.63, 3.8) is 0 Å². The Morgan fingerprint density at radius 1 is 1.80 bits per heavy atom. The summed E-state index contributed by atoms with van der Waals surface area (Å²) in [5, 5.41) is 8.72. The molecule has 0 amide bonds. The van der Waals surface area contributed by atoms with Gasteiger partial charge in [0.2, 0.25) is 0 Å². The molecule has 0 spiro atoms. The molecule has 1 rings (SSSR count). The number of hydrogen-bond acceptors (Lipinski definition) is 2. The van der Waals surface area contributed by atoms with Crippen molar-refractivity contribution in [3.05, 3.63) is 0 Å². The van der Waals surface area contributed by atoms with Crippen LogP contribution in [0.4, 0.5) is 0 Å². The van der Waals surface area contributed by atoms with E-state index in [0.717, 1.165) is 6.42 Å². The van der Waals surface area contributed by atoms with Gasteiger partial charge in [0.1, 0.15) is 0 Å². The monoisotopic (exact) mass is 144 g/mol. The van der Waals surface area contributed by atoms with Crippen molar-refractivity contribution in [3.8, 4) is 0 Å².